The molecule has 1 unspecified atom stereocenters. The molecule has 2 aromatic rings. The van der Waals surface area contributed by atoms with E-state index in [9.17, 15) is 4.79 Å². The number of rotatable bonds is 6. The molecule has 1 N–H and O–H groups in total. The maximum Gasteiger partial charge on any atom is 0.242 e. The number of imidazole rings is 1. The number of hydrogen-bond acceptors (Lipinski definition) is 4. The number of aromatic nitrogens is 5. The monoisotopic (exact) mass is 262 g/mol. The van der Waals surface area contributed by atoms with E-state index in [1.165, 1.54) is 0 Å². The largest absolute Gasteiger partial charge is 0.354 e. The molecule has 0 bridgehead atoms. The summed E-state index contributed by atoms with van der Waals surface area (Å²) in [6.45, 7) is 5.12. The fraction of sp³-hybridized carbons (Fsp3) is 0.500. The minimum atomic E-state index is -0.242. The van der Waals surface area contributed by atoms with Gasteiger partial charge >= 0.3 is 0 Å². The second kappa shape index (κ2) is 6.12. The summed E-state index contributed by atoms with van der Waals surface area (Å²) >= 11 is 0. The number of amides is 1. The van der Waals surface area contributed by atoms with Crippen LogP contribution in [-0.2, 0) is 11.3 Å². The van der Waals surface area contributed by atoms with Crippen LogP contribution in [0.1, 0.15) is 25.2 Å². The molecule has 7 nitrogen and oxygen atoms in total. The van der Waals surface area contributed by atoms with E-state index in [1.54, 1.807) is 23.3 Å². The molecule has 1 atom stereocenters. The Morgan fingerprint density at radius 2 is 2.26 bits per heavy atom. The summed E-state index contributed by atoms with van der Waals surface area (Å²) < 4.78 is 3.60. The number of carbonyl (C=O) groups is 1. The van der Waals surface area contributed by atoms with Crippen molar-refractivity contribution in [2.75, 3.05) is 6.54 Å². The lowest BCUT2D eigenvalue weighted by atomic mass is 10.3. The fourth-order valence-corrected chi connectivity index (χ4v) is 1.88. The molecule has 0 spiro atoms. The average molecular weight is 262 g/mol. The van der Waals surface area contributed by atoms with E-state index >= 15 is 0 Å². The van der Waals surface area contributed by atoms with Crippen molar-refractivity contribution in [2.24, 2.45) is 0 Å². The third kappa shape index (κ3) is 3.40. The molecule has 0 aliphatic carbocycles. The quantitative estimate of drug-likeness (QED) is 0.771. The number of hydrogen-bond donors (Lipinski definition) is 1. The van der Waals surface area contributed by atoms with Gasteiger partial charge in [0.2, 0.25) is 5.91 Å². The van der Waals surface area contributed by atoms with E-state index in [1.807, 2.05) is 24.6 Å². The lowest BCUT2D eigenvalue weighted by Gasteiger charge is -2.14. The van der Waals surface area contributed by atoms with Crippen molar-refractivity contribution < 1.29 is 4.79 Å². The highest BCUT2D eigenvalue weighted by molar-refractivity contribution is 5.79. The maximum absolute atomic E-state index is 12.0. The first kappa shape index (κ1) is 13.3. The van der Waals surface area contributed by atoms with Crippen LogP contribution in [0, 0.1) is 6.92 Å². The van der Waals surface area contributed by atoms with Crippen LogP contribution in [0.2, 0.25) is 0 Å². The van der Waals surface area contributed by atoms with Crippen molar-refractivity contribution in [3.8, 4) is 0 Å². The van der Waals surface area contributed by atoms with E-state index in [4.69, 9.17) is 0 Å². The molecule has 0 radical (unpaired) electrons. The van der Waals surface area contributed by atoms with Crippen LogP contribution in [0.4, 0.5) is 0 Å². The van der Waals surface area contributed by atoms with Gasteiger partial charge in [0.15, 0.2) is 0 Å². The van der Waals surface area contributed by atoms with Gasteiger partial charge in [-0.05, 0) is 20.3 Å². The molecular weight excluding hydrogens is 244 g/mol. The minimum Gasteiger partial charge on any atom is -0.354 e. The van der Waals surface area contributed by atoms with Crippen LogP contribution in [0.3, 0.4) is 0 Å². The highest BCUT2D eigenvalue weighted by atomic mass is 16.2. The van der Waals surface area contributed by atoms with Crippen LogP contribution in [-0.4, -0.2) is 37.0 Å². The first-order valence-electron chi connectivity index (χ1n) is 6.29. The predicted octanol–water partition coefficient (Wildman–Crippen LogP) is 0.551. The van der Waals surface area contributed by atoms with Gasteiger partial charge in [0, 0.05) is 31.7 Å². The van der Waals surface area contributed by atoms with E-state index in [0.29, 0.717) is 6.54 Å². The summed E-state index contributed by atoms with van der Waals surface area (Å²) in [7, 11) is 0. The van der Waals surface area contributed by atoms with Crippen LogP contribution in [0.25, 0.3) is 0 Å². The summed E-state index contributed by atoms with van der Waals surface area (Å²) in [6.07, 6.45) is 7.78. The van der Waals surface area contributed by atoms with Gasteiger partial charge in [-0.2, -0.15) is 0 Å². The Labute approximate surface area is 111 Å². The predicted molar refractivity (Wildman–Crippen MR) is 69.3 cm³/mol. The molecule has 0 aliphatic heterocycles. The molecule has 0 saturated heterocycles. The topological polar surface area (TPSA) is 77.6 Å². The highest BCUT2D eigenvalue weighted by Gasteiger charge is 2.15. The summed E-state index contributed by atoms with van der Waals surface area (Å²) in [6, 6.07) is -0.242. The van der Waals surface area contributed by atoms with Gasteiger partial charge in [0.1, 0.15) is 11.9 Å². The number of nitrogens with one attached hydrogen (secondary N) is 1. The molecule has 0 aromatic carbocycles. The molecule has 0 saturated carbocycles. The molecule has 7 heteroatoms. The first-order valence-corrected chi connectivity index (χ1v) is 6.29. The summed E-state index contributed by atoms with van der Waals surface area (Å²) in [5.41, 5.74) is 0. The number of nitrogens with zero attached hydrogens (tertiary/aromatic N) is 5. The van der Waals surface area contributed by atoms with Crippen LogP contribution in [0.15, 0.2) is 24.8 Å². The number of carbonyl (C=O) groups excluding carboxylic acids is 1. The SMILES string of the molecule is Cc1nccn1C(C)C(=O)NCCCn1ccnn1. The Morgan fingerprint density at radius 1 is 1.42 bits per heavy atom. The summed E-state index contributed by atoms with van der Waals surface area (Å²) in [4.78, 5) is 16.1. The zero-order valence-corrected chi connectivity index (χ0v) is 11.2. The normalized spacial score (nSPS) is 12.3. The molecular formula is C12H18N6O. The molecule has 0 fully saturated rings. The third-order valence-corrected chi connectivity index (χ3v) is 2.99. The standard InChI is InChI=1S/C12H18N6O/c1-10(18-9-5-13-11(18)2)12(19)14-4-3-7-17-8-6-15-16-17/h5-6,8-10H,3-4,7H2,1-2H3,(H,14,19). The third-order valence-electron chi connectivity index (χ3n) is 2.99. The molecule has 1 amide bonds. The van der Waals surface area contributed by atoms with Gasteiger partial charge in [0.25, 0.3) is 0 Å². The van der Waals surface area contributed by atoms with Gasteiger partial charge in [0.05, 0.1) is 6.20 Å². The van der Waals surface area contributed by atoms with Gasteiger partial charge in [-0.25, -0.2) is 4.98 Å². The summed E-state index contributed by atoms with van der Waals surface area (Å²) in [5, 5.41) is 10.5. The second-order valence-electron chi connectivity index (χ2n) is 4.37. The Balaban J connectivity index is 1.74. The second-order valence-corrected chi connectivity index (χ2v) is 4.37. The average Bonchev–Trinajstić information content (AvgIpc) is 3.04. The van der Waals surface area contributed by atoms with Crippen molar-refractivity contribution in [3.05, 3.63) is 30.6 Å². The first-order chi connectivity index (χ1) is 9.18. The highest BCUT2D eigenvalue weighted by Crippen LogP contribution is 2.08. The van der Waals surface area contributed by atoms with Crippen molar-refractivity contribution in [3.63, 3.8) is 0 Å². The Bertz CT molecular complexity index is 518. The molecule has 19 heavy (non-hydrogen) atoms. The van der Waals surface area contributed by atoms with Gasteiger partial charge in [-0.1, -0.05) is 5.21 Å². The summed E-state index contributed by atoms with van der Waals surface area (Å²) in [5.74, 6) is 0.838. The van der Waals surface area contributed by atoms with Crippen molar-refractivity contribution in [2.45, 2.75) is 32.9 Å². The molecule has 2 aromatic heterocycles. The van der Waals surface area contributed by atoms with E-state index in [2.05, 4.69) is 20.6 Å². The molecule has 102 valence electrons. The van der Waals surface area contributed by atoms with Crippen LogP contribution < -0.4 is 5.32 Å². The molecule has 2 heterocycles. The smallest absolute Gasteiger partial charge is 0.242 e. The van der Waals surface area contributed by atoms with Crippen molar-refractivity contribution in [1.29, 1.82) is 0 Å². The lowest BCUT2D eigenvalue weighted by molar-refractivity contribution is -0.123. The van der Waals surface area contributed by atoms with E-state index in [0.717, 1.165) is 18.8 Å². The van der Waals surface area contributed by atoms with Crippen LogP contribution >= 0.6 is 0 Å². The fourth-order valence-electron chi connectivity index (χ4n) is 1.88. The van der Waals surface area contributed by atoms with Gasteiger partial charge in [-0.3, -0.25) is 9.48 Å². The zero-order chi connectivity index (χ0) is 13.7. The lowest BCUT2D eigenvalue weighted by Crippen LogP contribution is -2.32. The Kier molecular flexibility index (Phi) is 4.27. The van der Waals surface area contributed by atoms with Crippen LogP contribution in [0.5, 0.6) is 0 Å². The van der Waals surface area contributed by atoms with E-state index in [-0.39, 0.29) is 11.9 Å². The zero-order valence-electron chi connectivity index (χ0n) is 11.2. The van der Waals surface area contributed by atoms with Crippen molar-refractivity contribution >= 4 is 5.91 Å². The molecule has 0 aliphatic rings. The van der Waals surface area contributed by atoms with Gasteiger partial charge in [-0.15, -0.1) is 5.10 Å². The number of aryl methyl sites for hydroxylation is 2. The Hall–Kier alpha value is -2.18. The minimum absolute atomic E-state index is 0.000287. The Morgan fingerprint density at radius 3 is 2.89 bits per heavy atom. The molecule has 2 rings (SSSR count). The van der Waals surface area contributed by atoms with Gasteiger partial charge < -0.3 is 9.88 Å². The maximum atomic E-state index is 12.0. The van der Waals surface area contributed by atoms with E-state index < -0.39 is 0 Å². The van der Waals surface area contributed by atoms with Crippen molar-refractivity contribution in [1.82, 2.24) is 29.9 Å².